The number of amides is 1. The lowest BCUT2D eigenvalue weighted by Gasteiger charge is -2.16. The molecule has 26 heavy (non-hydrogen) atoms. The Morgan fingerprint density at radius 3 is 2.65 bits per heavy atom. The van der Waals surface area contributed by atoms with E-state index in [1.807, 2.05) is 18.2 Å². The number of carbonyl (C=O) groups is 1. The minimum absolute atomic E-state index is 0.288. The first-order chi connectivity index (χ1) is 12.8. The number of hydrogen-bond acceptors (Lipinski definition) is 1. The van der Waals surface area contributed by atoms with Crippen LogP contribution in [0.3, 0.4) is 0 Å². The lowest BCUT2D eigenvalue weighted by atomic mass is 9.98. The first-order valence-electron chi connectivity index (χ1n) is 9.65. The van der Waals surface area contributed by atoms with Gasteiger partial charge in [0.25, 0.3) is 0 Å². The van der Waals surface area contributed by atoms with Gasteiger partial charge in [0.05, 0.1) is 0 Å². The molecule has 0 saturated carbocycles. The molecule has 0 bridgehead atoms. The van der Waals surface area contributed by atoms with Crippen LogP contribution in [0.1, 0.15) is 36.8 Å². The van der Waals surface area contributed by atoms with E-state index in [1.165, 1.54) is 22.0 Å². The third-order valence-corrected chi connectivity index (χ3v) is 5.61. The van der Waals surface area contributed by atoms with Crippen LogP contribution in [-0.2, 0) is 17.8 Å². The van der Waals surface area contributed by atoms with Crippen LogP contribution in [0, 0.1) is 0 Å². The van der Waals surface area contributed by atoms with Gasteiger partial charge in [0.1, 0.15) is 0 Å². The lowest BCUT2D eigenvalue weighted by molar-refractivity contribution is -0.130. The van der Waals surface area contributed by atoms with Crippen LogP contribution >= 0.6 is 0 Å². The molecule has 1 atom stereocenters. The summed E-state index contributed by atoms with van der Waals surface area (Å²) < 4.78 is 2.32. The van der Waals surface area contributed by atoms with Crippen molar-refractivity contribution in [1.29, 1.82) is 0 Å². The van der Waals surface area contributed by atoms with Crippen LogP contribution in [-0.4, -0.2) is 28.5 Å². The third kappa shape index (κ3) is 3.26. The quantitative estimate of drug-likeness (QED) is 0.662. The molecule has 0 spiro atoms. The van der Waals surface area contributed by atoms with Crippen LogP contribution in [0.15, 0.2) is 60.8 Å². The van der Waals surface area contributed by atoms with E-state index in [-0.39, 0.29) is 5.91 Å². The number of likely N-dealkylation sites (tertiary alicyclic amines) is 1. The summed E-state index contributed by atoms with van der Waals surface area (Å²) in [5.41, 5.74) is 3.95. The molecule has 1 aliphatic rings. The molecule has 3 aromatic rings. The molecule has 1 unspecified atom stereocenters. The highest BCUT2D eigenvalue weighted by Gasteiger charge is 2.29. The molecule has 0 radical (unpaired) electrons. The fraction of sp³-hybridized carbons (Fsp3) is 0.348. The highest BCUT2D eigenvalue weighted by atomic mass is 16.2. The predicted octanol–water partition coefficient (Wildman–Crippen LogP) is 4.61. The summed E-state index contributed by atoms with van der Waals surface area (Å²) in [7, 11) is 0. The Labute approximate surface area is 155 Å². The topological polar surface area (TPSA) is 25.2 Å². The zero-order chi connectivity index (χ0) is 17.9. The molecule has 0 aliphatic carbocycles. The van der Waals surface area contributed by atoms with Gasteiger partial charge in [0.15, 0.2) is 0 Å². The molecule has 1 saturated heterocycles. The maximum absolute atomic E-state index is 12.6. The van der Waals surface area contributed by atoms with Crippen LogP contribution in [0.25, 0.3) is 10.9 Å². The summed E-state index contributed by atoms with van der Waals surface area (Å²) in [4.78, 5) is 14.7. The Bertz CT molecular complexity index is 897. The number of rotatable bonds is 5. The standard InChI is InChI=1S/C23H26N2O/c1-2-24-17-21(20-10-6-7-11-22(20)24)19-14-15-25(16-19)23(26)13-12-18-8-4-3-5-9-18/h3-11,17,19H,2,12-16H2,1H3. The average molecular weight is 346 g/mol. The van der Waals surface area contributed by atoms with Crippen molar-refractivity contribution in [3.8, 4) is 0 Å². The molecule has 1 fully saturated rings. The van der Waals surface area contributed by atoms with Crippen molar-refractivity contribution < 1.29 is 4.79 Å². The van der Waals surface area contributed by atoms with Gasteiger partial charge >= 0.3 is 0 Å². The second kappa shape index (κ2) is 7.36. The number of para-hydroxylation sites is 1. The van der Waals surface area contributed by atoms with Crippen molar-refractivity contribution >= 4 is 16.8 Å². The van der Waals surface area contributed by atoms with Crippen LogP contribution < -0.4 is 0 Å². The van der Waals surface area contributed by atoms with E-state index in [0.29, 0.717) is 12.3 Å². The first kappa shape index (κ1) is 16.9. The monoisotopic (exact) mass is 346 g/mol. The molecule has 1 aliphatic heterocycles. The number of carbonyl (C=O) groups excluding carboxylic acids is 1. The predicted molar refractivity (Wildman–Crippen MR) is 106 cm³/mol. The molecule has 134 valence electrons. The SMILES string of the molecule is CCn1cc(C2CCN(C(=O)CCc3ccccc3)C2)c2ccccc21. The van der Waals surface area contributed by atoms with E-state index >= 15 is 0 Å². The van der Waals surface area contributed by atoms with Crippen LogP contribution in [0.4, 0.5) is 0 Å². The van der Waals surface area contributed by atoms with E-state index in [1.54, 1.807) is 0 Å². The summed E-state index contributed by atoms with van der Waals surface area (Å²) in [6.45, 7) is 4.90. The zero-order valence-corrected chi connectivity index (χ0v) is 15.4. The smallest absolute Gasteiger partial charge is 0.222 e. The fourth-order valence-corrected chi connectivity index (χ4v) is 4.16. The molecule has 3 nitrogen and oxygen atoms in total. The van der Waals surface area contributed by atoms with Crippen LogP contribution in [0.5, 0.6) is 0 Å². The van der Waals surface area contributed by atoms with Gasteiger partial charge in [-0.1, -0.05) is 48.5 Å². The summed E-state index contributed by atoms with van der Waals surface area (Å²) >= 11 is 0. The second-order valence-corrected chi connectivity index (χ2v) is 7.20. The summed E-state index contributed by atoms with van der Waals surface area (Å²) in [6.07, 6.45) is 4.80. The zero-order valence-electron chi connectivity index (χ0n) is 15.4. The maximum Gasteiger partial charge on any atom is 0.222 e. The van der Waals surface area contributed by atoms with Crippen LogP contribution in [0.2, 0.25) is 0 Å². The van der Waals surface area contributed by atoms with E-state index in [0.717, 1.165) is 32.5 Å². The Morgan fingerprint density at radius 1 is 1.08 bits per heavy atom. The van der Waals surface area contributed by atoms with E-state index < -0.39 is 0 Å². The molecule has 1 amide bonds. The van der Waals surface area contributed by atoms with Gasteiger partial charge in [-0.2, -0.15) is 0 Å². The van der Waals surface area contributed by atoms with E-state index in [4.69, 9.17) is 0 Å². The molecule has 0 N–H and O–H groups in total. The number of hydrogen-bond donors (Lipinski definition) is 0. The number of aryl methyl sites for hydroxylation is 2. The fourth-order valence-electron chi connectivity index (χ4n) is 4.16. The molecular weight excluding hydrogens is 320 g/mol. The Kier molecular flexibility index (Phi) is 4.79. The molecule has 2 aromatic carbocycles. The third-order valence-electron chi connectivity index (χ3n) is 5.61. The number of aromatic nitrogens is 1. The van der Waals surface area contributed by atoms with Crippen molar-refractivity contribution in [2.75, 3.05) is 13.1 Å². The van der Waals surface area contributed by atoms with Gasteiger partial charge in [0.2, 0.25) is 5.91 Å². The minimum Gasteiger partial charge on any atom is -0.347 e. The Morgan fingerprint density at radius 2 is 1.85 bits per heavy atom. The summed E-state index contributed by atoms with van der Waals surface area (Å²) in [6, 6.07) is 18.9. The molecule has 2 heterocycles. The second-order valence-electron chi connectivity index (χ2n) is 7.20. The van der Waals surface area contributed by atoms with Gasteiger partial charge in [-0.15, -0.1) is 0 Å². The highest BCUT2D eigenvalue weighted by Crippen LogP contribution is 2.34. The van der Waals surface area contributed by atoms with Crippen molar-refractivity contribution in [3.63, 3.8) is 0 Å². The lowest BCUT2D eigenvalue weighted by Crippen LogP contribution is -2.28. The maximum atomic E-state index is 12.6. The molecular formula is C23H26N2O. The molecule has 3 heteroatoms. The molecule has 4 rings (SSSR count). The highest BCUT2D eigenvalue weighted by molar-refractivity contribution is 5.85. The summed E-state index contributed by atoms with van der Waals surface area (Å²) in [5.74, 6) is 0.740. The van der Waals surface area contributed by atoms with Crippen molar-refractivity contribution in [2.24, 2.45) is 0 Å². The van der Waals surface area contributed by atoms with Gasteiger partial charge in [-0.3, -0.25) is 4.79 Å². The average Bonchev–Trinajstić information content (AvgIpc) is 3.31. The van der Waals surface area contributed by atoms with E-state index in [2.05, 4.69) is 59.0 Å². The normalized spacial score (nSPS) is 17.1. The van der Waals surface area contributed by atoms with Crippen molar-refractivity contribution in [3.05, 3.63) is 71.9 Å². The minimum atomic E-state index is 0.288. The Hall–Kier alpha value is -2.55. The van der Waals surface area contributed by atoms with E-state index in [9.17, 15) is 4.79 Å². The van der Waals surface area contributed by atoms with Gasteiger partial charge in [0, 0.05) is 49.1 Å². The van der Waals surface area contributed by atoms with Gasteiger partial charge in [-0.05, 0) is 37.0 Å². The molecule has 1 aromatic heterocycles. The largest absolute Gasteiger partial charge is 0.347 e. The number of nitrogens with zero attached hydrogens (tertiary/aromatic N) is 2. The Balaban J connectivity index is 1.44. The number of fused-ring (bicyclic) bond motifs is 1. The van der Waals surface area contributed by atoms with Gasteiger partial charge < -0.3 is 9.47 Å². The first-order valence-corrected chi connectivity index (χ1v) is 9.65. The number of benzene rings is 2. The van der Waals surface area contributed by atoms with Crippen molar-refractivity contribution in [1.82, 2.24) is 9.47 Å². The summed E-state index contributed by atoms with van der Waals surface area (Å²) in [5, 5.41) is 1.35. The van der Waals surface area contributed by atoms with Crippen molar-refractivity contribution in [2.45, 2.75) is 38.6 Å². The van der Waals surface area contributed by atoms with Gasteiger partial charge in [-0.25, -0.2) is 0 Å².